The predicted octanol–water partition coefficient (Wildman–Crippen LogP) is 3.72. The van der Waals surface area contributed by atoms with Crippen molar-refractivity contribution in [2.24, 2.45) is 5.92 Å². The summed E-state index contributed by atoms with van der Waals surface area (Å²) in [5.41, 5.74) is 3.92. The number of hydrogen-bond donors (Lipinski definition) is 0. The highest BCUT2D eigenvalue weighted by Crippen LogP contribution is 2.51. The van der Waals surface area contributed by atoms with E-state index in [9.17, 15) is 0 Å². The van der Waals surface area contributed by atoms with Gasteiger partial charge >= 0.3 is 0 Å². The molecule has 21 heavy (non-hydrogen) atoms. The fourth-order valence-corrected chi connectivity index (χ4v) is 3.90. The van der Waals surface area contributed by atoms with E-state index < -0.39 is 0 Å². The number of likely N-dealkylation sites (tertiary alicyclic amines) is 1. The Balaban J connectivity index is 1.89. The summed E-state index contributed by atoms with van der Waals surface area (Å²) in [5.74, 6) is 2.06. The monoisotopic (exact) mass is 288 g/mol. The highest BCUT2D eigenvalue weighted by Gasteiger charge is 2.48. The van der Waals surface area contributed by atoms with Gasteiger partial charge in [-0.25, -0.2) is 0 Å². The van der Waals surface area contributed by atoms with Gasteiger partial charge in [0.1, 0.15) is 0 Å². The van der Waals surface area contributed by atoms with Gasteiger partial charge in [0, 0.05) is 19.3 Å². The van der Waals surface area contributed by atoms with Crippen molar-refractivity contribution in [3.63, 3.8) is 0 Å². The highest BCUT2D eigenvalue weighted by molar-refractivity contribution is 5.33. The van der Waals surface area contributed by atoms with Gasteiger partial charge in [0.05, 0.1) is 11.8 Å². The van der Waals surface area contributed by atoms with E-state index in [1.807, 2.05) is 0 Å². The van der Waals surface area contributed by atoms with Gasteiger partial charge in [0.2, 0.25) is 0 Å². The first-order chi connectivity index (χ1) is 10.0. The second-order valence-electron chi connectivity index (χ2n) is 7.12. The van der Waals surface area contributed by atoms with E-state index in [0.29, 0.717) is 11.8 Å². The summed E-state index contributed by atoms with van der Waals surface area (Å²) >= 11 is 0. The Bertz CT molecular complexity index is 514. The molecule has 0 aromatic carbocycles. The van der Waals surface area contributed by atoms with Crippen molar-refractivity contribution in [1.29, 1.82) is 0 Å². The number of aromatic nitrogens is 1. The van der Waals surface area contributed by atoms with Gasteiger partial charge in [-0.3, -0.25) is 4.98 Å². The van der Waals surface area contributed by atoms with Gasteiger partial charge in [-0.05, 0) is 62.2 Å². The molecule has 1 aliphatic heterocycles. The maximum absolute atomic E-state index is 5.49. The molecular formula is C18H28N2O. The van der Waals surface area contributed by atoms with Crippen molar-refractivity contribution in [2.45, 2.75) is 57.6 Å². The van der Waals surface area contributed by atoms with Crippen molar-refractivity contribution >= 4 is 0 Å². The van der Waals surface area contributed by atoms with Crippen LogP contribution in [0.2, 0.25) is 0 Å². The minimum atomic E-state index is 0.0719. The molecule has 0 radical (unpaired) electrons. The molecule has 0 amide bonds. The molecule has 4 unspecified atom stereocenters. The lowest BCUT2D eigenvalue weighted by Crippen LogP contribution is -2.31. The Morgan fingerprint density at radius 3 is 2.76 bits per heavy atom. The molecule has 4 atom stereocenters. The molecular weight excluding hydrogens is 260 g/mol. The quantitative estimate of drug-likeness (QED) is 0.844. The average Bonchev–Trinajstić information content (AvgIpc) is 3.27. The van der Waals surface area contributed by atoms with Crippen LogP contribution in [0.3, 0.4) is 0 Å². The molecule has 1 saturated carbocycles. The van der Waals surface area contributed by atoms with E-state index in [2.05, 4.69) is 45.0 Å². The first-order valence-electron chi connectivity index (χ1n) is 8.25. The second-order valence-corrected chi connectivity index (χ2v) is 7.12. The lowest BCUT2D eigenvalue weighted by molar-refractivity contribution is 0.115. The van der Waals surface area contributed by atoms with Gasteiger partial charge in [-0.15, -0.1) is 0 Å². The second kappa shape index (κ2) is 5.69. The van der Waals surface area contributed by atoms with Crippen LogP contribution in [-0.4, -0.2) is 36.6 Å². The summed E-state index contributed by atoms with van der Waals surface area (Å²) in [6.45, 7) is 7.81. The molecule has 0 bridgehead atoms. The van der Waals surface area contributed by atoms with Crippen molar-refractivity contribution in [2.75, 3.05) is 20.7 Å². The third kappa shape index (κ3) is 2.74. The summed E-state index contributed by atoms with van der Waals surface area (Å²) in [5, 5.41) is 0. The number of piperidine rings is 1. The largest absolute Gasteiger partial charge is 0.375 e. The summed E-state index contributed by atoms with van der Waals surface area (Å²) in [4.78, 5) is 7.31. The fourth-order valence-electron chi connectivity index (χ4n) is 3.90. The summed E-state index contributed by atoms with van der Waals surface area (Å²) in [6, 6.07) is 3.23. The SMILES string of the molecule is COC(C)c1ncc(C2CCN(C)C3CC23)cc1C(C)C. The average molecular weight is 288 g/mol. The van der Waals surface area contributed by atoms with E-state index in [1.54, 1.807) is 7.11 Å². The Labute approximate surface area is 128 Å². The topological polar surface area (TPSA) is 25.4 Å². The number of ether oxygens (including phenoxy) is 1. The summed E-state index contributed by atoms with van der Waals surface area (Å²) in [7, 11) is 4.03. The first-order valence-corrected chi connectivity index (χ1v) is 8.25. The van der Waals surface area contributed by atoms with E-state index in [0.717, 1.165) is 17.7 Å². The molecule has 2 heterocycles. The van der Waals surface area contributed by atoms with E-state index >= 15 is 0 Å². The normalized spacial score (nSPS) is 30.3. The zero-order valence-corrected chi connectivity index (χ0v) is 14.0. The van der Waals surface area contributed by atoms with Crippen molar-refractivity contribution in [3.05, 3.63) is 29.1 Å². The molecule has 1 saturated heterocycles. The Kier molecular flexibility index (Phi) is 4.06. The van der Waals surface area contributed by atoms with Crippen LogP contribution in [0.25, 0.3) is 0 Å². The first kappa shape index (κ1) is 15.0. The number of rotatable bonds is 4. The molecule has 3 nitrogen and oxygen atoms in total. The van der Waals surface area contributed by atoms with Crippen molar-refractivity contribution in [1.82, 2.24) is 9.88 Å². The molecule has 1 aromatic rings. The molecule has 0 spiro atoms. The van der Waals surface area contributed by atoms with Crippen LogP contribution in [0, 0.1) is 5.92 Å². The van der Waals surface area contributed by atoms with Crippen molar-refractivity contribution < 1.29 is 4.74 Å². The van der Waals surface area contributed by atoms with Crippen LogP contribution in [0.4, 0.5) is 0 Å². The van der Waals surface area contributed by atoms with E-state index in [-0.39, 0.29) is 6.10 Å². The molecule has 2 fully saturated rings. The predicted molar refractivity (Wildman–Crippen MR) is 85.6 cm³/mol. The standard InChI is InChI=1S/C18H28N2O/c1-11(2)15-8-13(10-19-18(15)12(3)21-5)14-6-7-20(4)17-9-16(14)17/h8,10-12,14,16-17H,6-7,9H2,1-5H3. The number of nitrogens with zero attached hydrogens (tertiary/aromatic N) is 2. The molecule has 1 aromatic heterocycles. The number of fused-ring (bicyclic) bond motifs is 1. The third-order valence-corrected chi connectivity index (χ3v) is 5.44. The third-order valence-electron chi connectivity index (χ3n) is 5.44. The Morgan fingerprint density at radius 2 is 2.10 bits per heavy atom. The Hall–Kier alpha value is -0.930. The van der Waals surface area contributed by atoms with Crippen LogP contribution in [-0.2, 0) is 4.74 Å². The highest BCUT2D eigenvalue weighted by atomic mass is 16.5. The van der Waals surface area contributed by atoms with Gasteiger partial charge < -0.3 is 9.64 Å². The Morgan fingerprint density at radius 1 is 1.33 bits per heavy atom. The molecule has 3 rings (SSSR count). The molecule has 1 aliphatic carbocycles. The van der Waals surface area contributed by atoms with Gasteiger partial charge in [-0.1, -0.05) is 19.9 Å². The van der Waals surface area contributed by atoms with Gasteiger partial charge in [-0.2, -0.15) is 0 Å². The summed E-state index contributed by atoms with van der Waals surface area (Å²) < 4.78 is 5.49. The molecule has 3 heteroatoms. The summed E-state index contributed by atoms with van der Waals surface area (Å²) in [6.07, 6.45) is 4.83. The lowest BCUT2D eigenvalue weighted by atomic mass is 9.86. The van der Waals surface area contributed by atoms with Crippen molar-refractivity contribution in [3.8, 4) is 0 Å². The zero-order chi connectivity index (χ0) is 15.1. The number of pyridine rings is 1. The zero-order valence-electron chi connectivity index (χ0n) is 14.0. The van der Waals surface area contributed by atoms with Gasteiger partial charge in [0.15, 0.2) is 0 Å². The maximum Gasteiger partial charge on any atom is 0.0965 e. The molecule has 0 N–H and O–H groups in total. The minimum Gasteiger partial charge on any atom is -0.375 e. The van der Waals surface area contributed by atoms with E-state index in [1.165, 1.54) is 30.5 Å². The van der Waals surface area contributed by atoms with Crippen LogP contribution in [0.5, 0.6) is 0 Å². The maximum atomic E-state index is 5.49. The number of hydrogen-bond acceptors (Lipinski definition) is 3. The smallest absolute Gasteiger partial charge is 0.0965 e. The molecule has 116 valence electrons. The van der Waals surface area contributed by atoms with Crippen LogP contribution >= 0.6 is 0 Å². The number of methoxy groups -OCH3 is 1. The van der Waals surface area contributed by atoms with Gasteiger partial charge in [0.25, 0.3) is 0 Å². The lowest BCUT2D eigenvalue weighted by Gasteiger charge is -2.29. The fraction of sp³-hybridized carbons (Fsp3) is 0.722. The van der Waals surface area contributed by atoms with E-state index in [4.69, 9.17) is 9.72 Å². The van der Waals surface area contributed by atoms with Crippen LogP contribution in [0.1, 0.15) is 68.4 Å². The minimum absolute atomic E-state index is 0.0719. The molecule has 2 aliphatic rings. The van der Waals surface area contributed by atoms with Crippen LogP contribution in [0.15, 0.2) is 12.3 Å². The van der Waals surface area contributed by atoms with Crippen LogP contribution < -0.4 is 0 Å².